The highest BCUT2D eigenvalue weighted by Gasteiger charge is 2.74. The fourth-order valence-corrected chi connectivity index (χ4v) is 3.20. The van der Waals surface area contributed by atoms with E-state index in [2.05, 4.69) is 6.92 Å². The fourth-order valence-electron chi connectivity index (χ4n) is 3.20. The van der Waals surface area contributed by atoms with Gasteiger partial charge in [0.05, 0.1) is 7.11 Å². The van der Waals surface area contributed by atoms with Crippen LogP contribution in [0.25, 0.3) is 0 Å². The number of hydrogen-bond donors (Lipinski definition) is 0. The van der Waals surface area contributed by atoms with Crippen molar-refractivity contribution >= 4 is 5.97 Å². The molecule has 0 radical (unpaired) electrons. The molecule has 3 nitrogen and oxygen atoms in total. The first-order valence-electron chi connectivity index (χ1n) is 5.89. The molecule has 0 aromatic carbocycles. The highest BCUT2D eigenvalue weighted by molar-refractivity contribution is 5.84. The summed E-state index contributed by atoms with van der Waals surface area (Å²) < 4.78 is 10.7. The zero-order valence-electron chi connectivity index (χ0n) is 9.84. The normalized spacial score (nSPS) is 44.1. The van der Waals surface area contributed by atoms with Crippen molar-refractivity contribution in [2.75, 3.05) is 7.11 Å². The van der Waals surface area contributed by atoms with Crippen LogP contribution in [0.1, 0.15) is 46.0 Å². The molecule has 2 rings (SSSR count). The molecule has 1 aliphatic carbocycles. The molecule has 2 fully saturated rings. The first-order chi connectivity index (χ1) is 7.10. The molecule has 0 amide bonds. The quantitative estimate of drug-likeness (QED) is 0.520. The summed E-state index contributed by atoms with van der Waals surface area (Å²) in [6, 6.07) is 0. The van der Waals surface area contributed by atoms with Gasteiger partial charge in [0.25, 0.3) is 0 Å². The number of carbonyl (C=O) groups excluding carboxylic acids is 1. The topological polar surface area (TPSA) is 38.8 Å². The van der Waals surface area contributed by atoms with E-state index in [1.54, 1.807) is 0 Å². The van der Waals surface area contributed by atoms with Crippen molar-refractivity contribution in [2.45, 2.75) is 57.2 Å². The second kappa shape index (κ2) is 3.48. The van der Waals surface area contributed by atoms with Gasteiger partial charge in [0.2, 0.25) is 0 Å². The van der Waals surface area contributed by atoms with Crippen LogP contribution in [0.4, 0.5) is 0 Å². The summed E-state index contributed by atoms with van der Waals surface area (Å²) in [6.07, 6.45) is 5.18. The minimum atomic E-state index is -0.615. The third kappa shape index (κ3) is 1.40. The molecular weight excluding hydrogens is 192 g/mol. The molecule has 1 spiro atoms. The van der Waals surface area contributed by atoms with Crippen LogP contribution in [-0.2, 0) is 14.3 Å². The Balaban J connectivity index is 2.16. The lowest BCUT2D eigenvalue weighted by Crippen LogP contribution is -2.37. The van der Waals surface area contributed by atoms with E-state index in [-0.39, 0.29) is 11.6 Å². The Labute approximate surface area is 91.1 Å². The van der Waals surface area contributed by atoms with Crippen LogP contribution in [-0.4, -0.2) is 24.3 Å². The van der Waals surface area contributed by atoms with E-state index < -0.39 is 5.60 Å². The van der Waals surface area contributed by atoms with E-state index in [4.69, 9.17) is 9.47 Å². The summed E-state index contributed by atoms with van der Waals surface area (Å²) in [5.41, 5.74) is -0.803. The standard InChI is InChI=1S/C12H20O3/c1-4-12(10(13)14-3)11(15-12)7-5-6-9(2)8-11/h9H,4-8H2,1-3H3. The zero-order chi connectivity index (χ0) is 11.1. The van der Waals surface area contributed by atoms with Gasteiger partial charge in [-0.05, 0) is 25.2 Å². The van der Waals surface area contributed by atoms with Gasteiger partial charge >= 0.3 is 5.97 Å². The van der Waals surface area contributed by atoms with Crippen molar-refractivity contribution in [1.82, 2.24) is 0 Å². The van der Waals surface area contributed by atoms with Crippen molar-refractivity contribution in [1.29, 1.82) is 0 Å². The maximum Gasteiger partial charge on any atom is 0.341 e. The predicted octanol–water partition coefficient (Wildman–Crippen LogP) is 2.29. The molecule has 0 aromatic rings. The van der Waals surface area contributed by atoms with Gasteiger partial charge in [-0.2, -0.15) is 0 Å². The van der Waals surface area contributed by atoms with Crippen molar-refractivity contribution in [3.05, 3.63) is 0 Å². The van der Waals surface area contributed by atoms with Crippen molar-refractivity contribution < 1.29 is 14.3 Å². The predicted molar refractivity (Wildman–Crippen MR) is 56.5 cm³/mol. The van der Waals surface area contributed by atoms with Crippen LogP contribution in [0.5, 0.6) is 0 Å². The molecule has 15 heavy (non-hydrogen) atoms. The largest absolute Gasteiger partial charge is 0.467 e. The third-order valence-corrected chi connectivity index (χ3v) is 4.03. The minimum absolute atomic E-state index is 0.181. The molecule has 1 aliphatic heterocycles. The fraction of sp³-hybridized carbons (Fsp3) is 0.917. The Morgan fingerprint density at radius 3 is 2.87 bits per heavy atom. The van der Waals surface area contributed by atoms with Crippen LogP contribution in [0, 0.1) is 5.92 Å². The lowest BCUT2D eigenvalue weighted by molar-refractivity contribution is -0.147. The maximum atomic E-state index is 11.8. The van der Waals surface area contributed by atoms with Crippen LogP contribution in [0.15, 0.2) is 0 Å². The Morgan fingerprint density at radius 2 is 2.33 bits per heavy atom. The molecule has 3 heteroatoms. The number of rotatable bonds is 2. The molecule has 1 heterocycles. The van der Waals surface area contributed by atoms with Crippen LogP contribution < -0.4 is 0 Å². The van der Waals surface area contributed by atoms with Gasteiger partial charge in [-0.15, -0.1) is 0 Å². The number of ether oxygens (including phenoxy) is 2. The van der Waals surface area contributed by atoms with Gasteiger partial charge in [0.1, 0.15) is 5.60 Å². The Hall–Kier alpha value is -0.570. The van der Waals surface area contributed by atoms with Gasteiger partial charge in [0, 0.05) is 0 Å². The second-order valence-corrected chi connectivity index (χ2v) is 4.97. The van der Waals surface area contributed by atoms with Crippen molar-refractivity contribution in [3.8, 4) is 0 Å². The molecule has 0 bridgehead atoms. The number of esters is 1. The highest BCUT2D eigenvalue weighted by Crippen LogP contribution is 2.59. The number of epoxide rings is 1. The SMILES string of the molecule is CCC1(C(=O)OC)OC12CCCC(C)C2. The van der Waals surface area contributed by atoms with E-state index in [0.29, 0.717) is 5.92 Å². The van der Waals surface area contributed by atoms with Crippen LogP contribution in [0.2, 0.25) is 0 Å². The lowest BCUT2D eigenvalue weighted by Gasteiger charge is -2.26. The van der Waals surface area contributed by atoms with Gasteiger partial charge in [-0.1, -0.05) is 26.7 Å². The molecule has 0 N–H and O–H groups in total. The minimum Gasteiger partial charge on any atom is -0.467 e. The molecular formula is C12H20O3. The highest BCUT2D eigenvalue weighted by atomic mass is 16.7. The summed E-state index contributed by atoms with van der Waals surface area (Å²) >= 11 is 0. The maximum absolute atomic E-state index is 11.8. The number of methoxy groups -OCH3 is 1. The summed E-state index contributed by atoms with van der Waals surface area (Å²) in [5, 5.41) is 0. The summed E-state index contributed by atoms with van der Waals surface area (Å²) in [6.45, 7) is 4.24. The van der Waals surface area contributed by atoms with Crippen molar-refractivity contribution in [2.24, 2.45) is 5.92 Å². The molecule has 0 aromatic heterocycles. The van der Waals surface area contributed by atoms with Gasteiger partial charge < -0.3 is 9.47 Å². The van der Waals surface area contributed by atoms with Crippen LogP contribution in [0.3, 0.4) is 0 Å². The average Bonchev–Trinajstić information content (AvgIpc) is 2.85. The van der Waals surface area contributed by atoms with Crippen LogP contribution >= 0.6 is 0 Å². The van der Waals surface area contributed by atoms with Gasteiger partial charge in [-0.3, -0.25) is 0 Å². The smallest absolute Gasteiger partial charge is 0.341 e. The first kappa shape index (κ1) is 10.9. The average molecular weight is 212 g/mol. The summed E-state index contributed by atoms with van der Waals surface area (Å²) in [5.74, 6) is 0.482. The van der Waals surface area contributed by atoms with E-state index in [1.165, 1.54) is 20.0 Å². The molecule has 3 atom stereocenters. The molecule has 2 aliphatic rings. The van der Waals surface area contributed by atoms with Crippen molar-refractivity contribution in [3.63, 3.8) is 0 Å². The van der Waals surface area contributed by atoms with E-state index >= 15 is 0 Å². The Bertz CT molecular complexity index is 276. The summed E-state index contributed by atoms with van der Waals surface area (Å²) in [4.78, 5) is 11.8. The Kier molecular flexibility index (Phi) is 2.53. The number of hydrogen-bond acceptors (Lipinski definition) is 3. The summed E-state index contributed by atoms with van der Waals surface area (Å²) in [7, 11) is 1.45. The zero-order valence-corrected chi connectivity index (χ0v) is 9.84. The Morgan fingerprint density at radius 1 is 1.60 bits per heavy atom. The molecule has 1 saturated carbocycles. The molecule has 1 saturated heterocycles. The molecule has 86 valence electrons. The van der Waals surface area contributed by atoms with Gasteiger partial charge in [-0.25, -0.2) is 4.79 Å². The van der Waals surface area contributed by atoms with E-state index in [0.717, 1.165) is 19.3 Å². The van der Waals surface area contributed by atoms with Gasteiger partial charge in [0.15, 0.2) is 5.60 Å². The molecule has 3 unspecified atom stereocenters. The number of carbonyl (C=O) groups is 1. The lowest BCUT2D eigenvalue weighted by atomic mass is 9.75. The van der Waals surface area contributed by atoms with E-state index in [1.807, 2.05) is 6.92 Å². The third-order valence-electron chi connectivity index (χ3n) is 4.03. The second-order valence-electron chi connectivity index (χ2n) is 4.97. The van der Waals surface area contributed by atoms with E-state index in [9.17, 15) is 4.79 Å². The first-order valence-corrected chi connectivity index (χ1v) is 5.89. The monoisotopic (exact) mass is 212 g/mol.